The molecule has 0 saturated carbocycles. The van der Waals surface area contributed by atoms with E-state index in [2.05, 4.69) is 17.0 Å². The van der Waals surface area contributed by atoms with E-state index in [4.69, 9.17) is 10.5 Å². The highest BCUT2D eigenvalue weighted by Gasteiger charge is 2.13. The van der Waals surface area contributed by atoms with Gasteiger partial charge < -0.3 is 15.4 Å². The van der Waals surface area contributed by atoms with Crippen LogP contribution in [-0.4, -0.2) is 26.7 Å². The van der Waals surface area contributed by atoms with E-state index in [9.17, 15) is 0 Å². The van der Waals surface area contributed by atoms with Crippen LogP contribution in [0.3, 0.4) is 0 Å². The van der Waals surface area contributed by atoms with E-state index in [0.29, 0.717) is 6.54 Å². The molecule has 0 aromatic heterocycles. The molecule has 2 rings (SSSR count). The molecule has 1 aliphatic heterocycles. The predicted octanol–water partition coefficient (Wildman–Crippen LogP) is 2.27. The van der Waals surface area contributed by atoms with Crippen LogP contribution in [0.15, 0.2) is 24.3 Å². The molecular weight excluding hydrogens is 212 g/mol. The molecule has 0 radical (unpaired) electrons. The van der Waals surface area contributed by atoms with Crippen molar-refractivity contribution < 1.29 is 4.74 Å². The van der Waals surface area contributed by atoms with E-state index in [0.717, 1.165) is 24.4 Å². The highest BCUT2D eigenvalue weighted by molar-refractivity contribution is 5.64. The number of benzene rings is 1. The molecule has 17 heavy (non-hydrogen) atoms. The minimum atomic E-state index is 0.553. The van der Waals surface area contributed by atoms with Crippen LogP contribution in [0.25, 0.3) is 6.08 Å². The molecule has 1 heterocycles. The molecule has 0 bridgehead atoms. The summed E-state index contributed by atoms with van der Waals surface area (Å²) in [5, 5.41) is 0. The van der Waals surface area contributed by atoms with Gasteiger partial charge in [0.1, 0.15) is 5.75 Å². The lowest BCUT2D eigenvalue weighted by atomic mass is 10.1. The molecule has 0 unspecified atom stereocenters. The molecule has 1 fully saturated rings. The Morgan fingerprint density at radius 1 is 1.35 bits per heavy atom. The number of ether oxygens (including phenoxy) is 1. The van der Waals surface area contributed by atoms with E-state index in [1.807, 2.05) is 18.2 Å². The first kappa shape index (κ1) is 12.0. The van der Waals surface area contributed by atoms with Gasteiger partial charge in [0, 0.05) is 30.9 Å². The van der Waals surface area contributed by atoms with Gasteiger partial charge >= 0.3 is 0 Å². The average Bonchev–Trinajstić information content (AvgIpc) is 2.89. The summed E-state index contributed by atoms with van der Waals surface area (Å²) in [5.74, 6) is 0.901. The molecule has 3 nitrogen and oxygen atoms in total. The zero-order chi connectivity index (χ0) is 12.1. The van der Waals surface area contributed by atoms with Gasteiger partial charge in [-0.25, -0.2) is 0 Å². The summed E-state index contributed by atoms with van der Waals surface area (Å²) in [7, 11) is 1.70. The maximum Gasteiger partial charge on any atom is 0.126 e. The van der Waals surface area contributed by atoms with Crippen molar-refractivity contribution in [2.45, 2.75) is 12.8 Å². The number of nitrogens with two attached hydrogens (primary N) is 1. The molecule has 1 aromatic rings. The summed E-state index contributed by atoms with van der Waals surface area (Å²) in [6, 6.07) is 6.34. The topological polar surface area (TPSA) is 38.5 Å². The lowest BCUT2D eigenvalue weighted by molar-refractivity contribution is 0.414. The van der Waals surface area contributed by atoms with Crippen molar-refractivity contribution in [3.8, 4) is 5.75 Å². The maximum absolute atomic E-state index is 5.49. The van der Waals surface area contributed by atoms with Crippen molar-refractivity contribution in [2.24, 2.45) is 5.73 Å². The Kier molecular flexibility index (Phi) is 4.04. The molecule has 3 heteroatoms. The Bertz CT molecular complexity index is 395. The molecule has 0 amide bonds. The normalized spacial score (nSPS) is 15.8. The first-order valence-electron chi connectivity index (χ1n) is 6.14. The molecule has 0 spiro atoms. The van der Waals surface area contributed by atoms with E-state index < -0.39 is 0 Å². The van der Waals surface area contributed by atoms with Crippen molar-refractivity contribution in [1.82, 2.24) is 0 Å². The van der Waals surface area contributed by atoms with Crippen molar-refractivity contribution in [3.05, 3.63) is 29.8 Å². The molecular formula is C14H20N2O. The number of anilines is 1. The van der Waals surface area contributed by atoms with Gasteiger partial charge in [-0.15, -0.1) is 0 Å². The fourth-order valence-electron chi connectivity index (χ4n) is 2.22. The number of hydrogen-bond acceptors (Lipinski definition) is 3. The largest absolute Gasteiger partial charge is 0.496 e. The summed E-state index contributed by atoms with van der Waals surface area (Å²) in [6.45, 7) is 2.87. The Morgan fingerprint density at radius 2 is 2.12 bits per heavy atom. The quantitative estimate of drug-likeness (QED) is 0.865. The average molecular weight is 232 g/mol. The van der Waals surface area contributed by atoms with E-state index in [1.54, 1.807) is 7.11 Å². The third-order valence-electron chi connectivity index (χ3n) is 3.12. The molecule has 1 aliphatic rings. The van der Waals surface area contributed by atoms with E-state index in [1.165, 1.54) is 18.5 Å². The second-order valence-corrected chi connectivity index (χ2v) is 4.26. The standard InChI is InChI=1S/C14H20N2O/c1-17-14-7-6-13(16-9-2-3-10-16)11-12(14)5-4-8-15/h4-7,11H,2-3,8-10,15H2,1H3/b5-4+. The second-order valence-electron chi connectivity index (χ2n) is 4.26. The predicted molar refractivity (Wildman–Crippen MR) is 72.5 cm³/mol. The van der Waals surface area contributed by atoms with Gasteiger partial charge in [-0.05, 0) is 31.0 Å². The highest BCUT2D eigenvalue weighted by atomic mass is 16.5. The van der Waals surface area contributed by atoms with Crippen LogP contribution < -0.4 is 15.4 Å². The van der Waals surface area contributed by atoms with Gasteiger partial charge in [0.15, 0.2) is 0 Å². The zero-order valence-electron chi connectivity index (χ0n) is 10.4. The molecule has 2 N–H and O–H groups in total. The first-order valence-corrected chi connectivity index (χ1v) is 6.14. The summed E-state index contributed by atoms with van der Waals surface area (Å²) < 4.78 is 5.35. The van der Waals surface area contributed by atoms with Crippen LogP contribution in [0, 0.1) is 0 Å². The minimum absolute atomic E-state index is 0.553. The van der Waals surface area contributed by atoms with Gasteiger partial charge in [0.25, 0.3) is 0 Å². The Labute approximate surface area is 103 Å². The van der Waals surface area contributed by atoms with Crippen LogP contribution in [0.5, 0.6) is 5.75 Å². The van der Waals surface area contributed by atoms with Crippen LogP contribution >= 0.6 is 0 Å². The third kappa shape index (κ3) is 2.80. The maximum atomic E-state index is 5.49. The molecule has 1 saturated heterocycles. The number of nitrogens with zero attached hydrogens (tertiary/aromatic N) is 1. The lowest BCUT2D eigenvalue weighted by Crippen LogP contribution is -2.17. The fourth-order valence-corrected chi connectivity index (χ4v) is 2.22. The number of rotatable bonds is 4. The van der Waals surface area contributed by atoms with E-state index >= 15 is 0 Å². The molecule has 0 atom stereocenters. The second kappa shape index (κ2) is 5.73. The van der Waals surface area contributed by atoms with Crippen molar-refractivity contribution in [1.29, 1.82) is 0 Å². The van der Waals surface area contributed by atoms with Crippen LogP contribution in [-0.2, 0) is 0 Å². The monoisotopic (exact) mass is 232 g/mol. The SMILES string of the molecule is COc1ccc(N2CCCC2)cc1/C=C/CN. The Morgan fingerprint density at radius 3 is 2.76 bits per heavy atom. The molecule has 0 aliphatic carbocycles. The zero-order valence-corrected chi connectivity index (χ0v) is 10.4. The third-order valence-corrected chi connectivity index (χ3v) is 3.12. The molecule has 1 aromatic carbocycles. The highest BCUT2D eigenvalue weighted by Crippen LogP contribution is 2.28. The number of methoxy groups -OCH3 is 1. The van der Waals surface area contributed by atoms with Crippen LogP contribution in [0.4, 0.5) is 5.69 Å². The van der Waals surface area contributed by atoms with Gasteiger partial charge in [0.05, 0.1) is 7.11 Å². The summed E-state index contributed by atoms with van der Waals surface area (Å²) >= 11 is 0. The summed E-state index contributed by atoms with van der Waals surface area (Å²) in [4.78, 5) is 2.42. The van der Waals surface area contributed by atoms with E-state index in [-0.39, 0.29) is 0 Å². The summed E-state index contributed by atoms with van der Waals surface area (Å²) in [5.41, 5.74) is 7.87. The van der Waals surface area contributed by atoms with Crippen molar-refractivity contribution in [2.75, 3.05) is 31.6 Å². The summed E-state index contributed by atoms with van der Waals surface area (Å²) in [6.07, 6.45) is 6.56. The van der Waals surface area contributed by atoms with Gasteiger partial charge in [-0.3, -0.25) is 0 Å². The first-order chi connectivity index (χ1) is 8.35. The smallest absolute Gasteiger partial charge is 0.126 e. The van der Waals surface area contributed by atoms with Gasteiger partial charge in [-0.2, -0.15) is 0 Å². The van der Waals surface area contributed by atoms with Crippen molar-refractivity contribution >= 4 is 11.8 Å². The fraction of sp³-hybridized carbons (Fsp3) is 0.429. The van der Waals surface area contributed by atoms with Crippen LogP contribution in [0.1, 0.15) is 18.4 Å². The van der Waals surface area contributed by atoms with Gasteiger partial charge in [-0.1, -0.05) is 12.2 Å². The van der Waals surface area contributed by atoms with Gasteiger partial charge in [0.2, 0.25) is 0 Å². The Hall–Kier alpha value is -1.48. The lowest BCUT2D eigenvalue weighted by Gasteiger charge is -2.19. The number of hydrogen-bond donors (Lipinski definition) is 1. The van der Waals surface area contributed by atoms with Crippen molar-refractivity contribution in [3.63, 3.8) is 0 Å². The van der Waals surface area contributed by atoms with Crippen LogP contribution in [0.2, 0.25) is 0 Å². The molecule has 92 valence electrons. The minimum Gasteiger partial charge on any atom is -0.496 e. The Balaban J connectivity index is 2.26.